The summed E-state index contributed by atoms with van der Waals surface area (Å²) in [5, 5.41) is 10.8. The third-order valence-corrected chi connectivity index (χ3v) is 3.72. The molecule has 0 fully saturated rings. The van der Waals surface area contributed by atoms with Gasteiger partial charge in [-0.3, -0.25) is 5.01 Å². The van der Waals surface area contributed by atoms with Crippen LogP contribution in [0.5, 0.6) is 0 Å². The molecule has 108 valence electrons. The van der Waals surface area contributed by atoms with Gasteiger partial charge in [-0.15, -0.1) is 0 Å². The molecule has 0 atom stereocenters. The van der Waals surface area contributed by atoms with Crippen LogP contribution in [0.1, 0.15) is 12.2 Å². The molecule has 1 aliphatic heterocycles. The van der Waals surface area contributed by atoms with E-state index < -0.39 is 0 Å². The second-order valence-corrected chi connectivity index (χ2v) is 5.20. The van der Waals surface area contributed by atoms with Crippen LogP contribution in [0.2, 0.25) is 0 Å². The van der Waals surface area contributed by atoms with Gasteiger partial charge in [-0.25, -0.2) is 0 Å². The zero-order valence-electron chi connectivity index (χ0n) is 12.0. The number of rotatable bonds is 3. The van der Waals surface area contributed by atoms with Crippen LogP contribution in [0.15, 0.2) is 76.4 Å². The van der Waals surface area contributed by atoms with Crippen LogP contribution in [0.4, 0.5) is 5.69 Å². The minimum Gasteiger partial charge on any atom is -0.354 e. The normalized spacial score (nSPS) is 14.2. The number of hydrazone groups is 1. The lowest BCUT2D eigenvalue weighted by Crippen LogP contribution is -2.11. The van der Waals surface area contributed by atoms with Gasteiger partial charge in [0.2, 0.25) is 0 Å². The molecule has 2 aromatic carbocycles. The molecule has 4 nitrogen and oxygen atoms in total. The van der Waals surface area contributed by atoms with E-state index in [0.29, 0.717) is 0 Å². The predicted molar refractivity (Wildman–Crippen MR) is 86.9 cm³/mol. The summed E-state index contributed by atoms with van der Waals surface area (Å²) >= 11 is 0. The minimum atomic E-state index is 0.747. The average molecular weight is 289 g/mol. The molecule has 1 aliphatic rings. The summed E-state index contributed by atoms with van der Waals surface area (Å²) in [5.41, 5.74) is 3.94. The van der Waals surface area contributed by atoms with Crippen LogP contribution < -0.4 is 5.01 Å². The Morgan fingerprint density at radius 2 is 1.64 bits per heavy atom. The van der Waals surface area contributed by atoms with Gasteiger partial charge < -0.3 is 4.52 Å². The fraction of sp³-hybridized carbons (Fsp3) is 0.111. The minimum absolute atomic E-state index is 0.747. The van der Waals surface area contributed by atoms with Crippen molar-refractivity contribution in [3.05, 3.63) is 72.5 Å². The van der Waals surface area contributed by atoms with Crippen molar-refractivity contribution in [1.29, 1.82) is 0 Å². The summed E-state index contributed by atoms with van der Waals surface area (Å²) in [6, 6.07) is 22.1. The molecule has 0 N–H and O–H groups in total. The molecule has 0 spiro atoms. The maximum atomic E-state index is 5.48. The molecule has 4 heteroatoms. The van der Waals surface area contributed by atoms with Crippen LogP contribution >= 0.6 is 0 Å². The molecule has 22 heavy (non-hydrogen) atoms. The number of para-hydroxylation sites is 1. The molecule has 0 aliphatic carbocycles. The topological polar surface area (TPSA) is 41.6 Å². The van der Waals surface area contributed by atoms with Gasteiger partial charge in [0.15, 0.2) is 5.76 Å². The third kappa shape index (κ3) is 2.39. The first-order valence-electron chi connectivity index (χ1n) is 7.33. The SMILES string of the molecule is c1ccc(-c2cc(C3=NN(c4ccccc4)CC3)on2)cc1. The van der Waals surface area contributed by atoms with E-state index in [9.17, 15) is 0 Å². The first-order valence-corrected chi connectivity index (χ1v) is 7.33. The van der Waals surface area contributed by atoms with Crippen molar-refractivity contribution in [3.63, 3.8) is 0 Å². The Balaban J connectivity index is 1.60. The highest BCUT2D eigenvalue weighted by Gasteiger charge is 2.20. The largest absolute Gasteiger partial charge is 0.354 e. The molecule has 0 unspecified atom stereocenters. The van der Waals surface area contributed by atoms with Crippen molar-refractivity contribution in [2.75, 3.05) is 11.6 Å². The van der Waals surface area contributed by atoms with Gasteiger partial charge in [-0.1, -0.05) is 53.7 Å². The molecule has 2 heterocycles. The fourth-order valence-electron chi connectivity index (χ4n) is 2.57. The van der Waals surface area contributed by atoms with Gasteiger partial charge in [0.25, 0.3) is 0 Å². The second kappa shape index (κ2) is 5.48. The lowest BCUT2D eigenvalue weighted by atomic mass is 10.1. The molecule has 0 amide bonds. The molecular weight excluding hydrogens is 274 g/mol. The molecule has 3 aromatic rings. The number of benzene rings is 2. The first-order chi connectivity index (χ1) is 10.9. The molecule has 0 saturated carbocycles. The zero-order valence-corrected chi connectivity index (χ0v) is 12.0. The Morgan fingerprint density at radius 3 is 2.41 bits per heavy atom. The Bertz CT molecular complexity index is 793. The molecule has 1 aromatic heterocycles. The number of hydrogen-bond donors (Lipinski definition) is 0. The Hall–Kier alpha value is -2.88. The van der Waals surface area contributed by atoms with Crippen LogP contribution in [-0.2, 0) is 0 Å². The Kier molecular flexibility index (Phi) is 3.20. The van der Waals surface area contributed by atoms with Gasteiger partial charge in [0.1, 0.15) is 11.4 Å². The number of hydrogen-bond acceptors (Lipinski definition) is 4. The Morgan fingerprint density at radius 1 is 0.909 bits per heavy atom. The molecule has 0 bridgehead atoms. The van der Waals surface area contributed by atoms with Crippen LogP contribution in [-0.4, -0.2) is 17.4 Å². The first kappa shape index (κ1) is 12.8. The maximum Gasteiger partial charge on any atom is 0.183 e. The van der Waals surface area contributed by atoms with Crippen molar-refractivity contribution in [2.45, 2.75) is 6.42 Å². The lowest BCUT2D eigenvalue weighted by Gasteiger charge is -2.12. The predicted octanol–water partition coefficient (Wildman–Crippen LogP) is 3.96. The zero-order chi connectivity index (χ0) is 14.8. The van der Waals surface area contributed by atoms with E-state index in [-0.39, 0.29) is 0 Å². The Labute approximate surface area is 128 Å². The van der Waals surface area contributed by atoms with Crippen molar-refractivity contribution >= 4 is 11.4 Å². The van der Waals surface area contributed by atoms with Crippen molar-refractivity contribution < 1.29 is 4.52 Å². The van der Waals surface area contributed by atoms with Gasteiger partial charge in [0, 0.05) is 24.6 Å². The number of aromatic nitrogens is 1. The summed E-state index contributed by atoms with van der Waals surface area (Å²) in [4.78, 5) is 0. The van der Waals surface area contributed by atoms with Gasteiger partial charge in [-0.2, -0.15) is 5.10 Å². The van der Waals surface area contributed by atoms with E-state index in [1.807, 2.05) is 59.6 Å². The fourth-order valence-corrected chi connectivity index (χ4v) is 2.57. The van der Waals surface area contributed by atoms with Crippen molar-refractivity contribution in [2.24, 2.45) is 5.10 Å². The van der Waals surface area contributed by atoms with Crippen LogP contribution in [0, 0.1) is 0 Å². The van der Waals surface area contributed by atoms with E-state index in [1.54, 1.807) is 0 Å². The summed E-state index contributed by atoms with van der Waals surface area (Å²) in [7, 11) is 0. The maximum absolute atomic E-state index is 5.48. The smallest absolute Gasteiger partial charge is 0.183 e. The van der Waals surface area contributed by atoms with E-state index in [2.05, 4.69) is 22.4 Å². The van der Waals surface area contributed by atoms with E-state index in [4.69, 9.17) is 4.52 Å². The molecule has 0 radical (unpaired) electrons. The highest BCUT2D eigenvalue weighted by atomic mass is 16.5. The highest BCUT2D eigenvalue weighted by molar-refractivity contribution is 6.01. The van der Waals surface area contributed by atoms with Gasteiger partial charge >= 0.3 is 0 Å². The summed E-state index contributed by atoms with van der Waals surface area (Å²) in [6.07, 6.45) is 0.859. The van der Waals surface area contributed by atoms with E-state index in [0.717, 1.165) is 41.4 Å². The molecule has 4 rings (SSSR count). The summed E-state index contributed by atoms with van der Waals surface area (Å²) in [6.45, 7) is 0.862. The van der Waals surface area contributed by atoms with Gasteiger partial charge in [0.05, 0.1) is 5.69 Å². The number of anilines is 1. The summed E-state index contributed by atoms with van der Waals surface area (Å²) < 4.78 is 5.48. The van der Waals surface area contributed by atoms with Crippen LogP contribution in [0.3, 0.4) is 0 Å². The monoisotopic (exact) mass is 289 g/mol. The van der Waals surface area contributed by atoms with E-state index in [1.165, 1.54) is 0 Å². The summed E-state index contributed by atoms with van der Waals surface area (Å²) in [5.74, 6) is 0.747. The lowest BCUT2D eigenvalue weighted by molar-refractivity contribution is 0.415. The van der Waals surface area contributed by atoms with Crippen molar-refractivity contribution in [1.82, 2.24) is 5.16 Å². The average Bonchev–Trinajstić information content (AvgIpc) is 3.26. The molecule has 0 saturated heterocycles. The van der Waals surface area contributed by atoms with Crippen molar-refractivity contribution in [3.8, 4) is 11.3 Å². The highest BCUT2D eigenvalue weighted by Crippen LogP contribution is 2.24. The third-order valence-electron chi connectivity index (χ3n) is 3.72. The molecular formula is C18H15N3O. The standard InChI is InChI=1S/C18H15N3O/c1-3-7-14(8-4-1)17-13-18(22-20-17)16-11-12-21(19-16)15-9-5-2-6-10-15/h1-10,13H,11-12H2. The quantitative estimate of drug-likeness (QED) is 0.733. The van der Waals surface area contributed by atoms with Crippen LogP contribution in [0.25, 0.3) is 11.3 Å². The van der Waals surface area contributed by atoms with Gasteiger partial charge in [-0.05, 0) is 12.1 Å². The second-order valence-electron chi connectivity index (χ2n) is 5.20. The number of nitrogens with zero attached hydrogens (tertiary/aromatic N) is 3. The van der Waals surface area contributed by atoms with E-state index >= 15 is 0 Å².